The van der Waals surface area contributed by atoms with E-state index >= 15 is 0 Å². The van der Waals surface area contributed by atoms with Gasteiger partial charge in [0.05, 0.1) is 12.5 Å². The molecule has 144 valence electrons. The Bertz CT molecular complexity index is 769. The summed E-state index contributed by atoms with van der Waals surface area (Å²) in [5.74, 6) is 0.651. The Morgan fingerprint density at radius 2 is 1.74 bits per heavy atom. The van der Waals surface area contributed by atoms with Gasteiger partial charge in [-0.05, 0) is 56.2 Å². The van der Waals surface area contributed by atoms with Crippen LogP contribution in [0.4, 0.5) is 5.69 Å². The normalized spacial score (nSPS) is 10.6. The lowest BCUT2D eigenvalue weighted by Gasteiger charge is -2.22. The van der Waals surface area contributed by atoms with Crippen molar-refractivity contribution in [1.82, 2.24) is 5.32 Å². The van der Waals surface area contributed by atoms with Crippen LogP contribution in [0.5, 0.6) is 5.75 Å². The molecule has 0 bridgehead atoms. The van der Waals surface area contributed by atoms with Crippen LogP contribution in [0.2, 0.25) is 0 Å². The van der Waals surface area contributed by atoms with E-state index in [2.05, 4.69) is 5.32 Å². The van der Waals surface area contributed by atoms with Gasteiger partial charge in [-0.2, -0.15) is 0 Å². The number of ether oxygens (including phenoxy) is 1. The van der Waals surface area contributed by atoms with Crippen LogP contribution >= 0.6 is 0 Å². The third-order valence-electron chi connectivity index (χ3n) is 4.17. The second-order valence-corrected chi connectivity index (χ2v) is 6.78. The summed E-state index contributed by atoms with van der Waals surface area (Å²) in [4.78, 5) is 25.8. The average Bonchev–Trinajstić information content (AvgIpc) is 2.61. The van der Waals surface area contributed by atoms with Gasteiger partial charge < -0.3 is 15.0 Å². The molecule has 1 N–H and O–H groups in total. The molecule has 0 saturated carbocycles. The minimum Gasteiger partial charge on any atom is -0.491 e. The van der Waals surface area contributed by atoms with Gasteiger partial charge in [0.2, 0.25) is 11.8 Å². The highest BCUT2D eigenvalue weighted by atomic mass is 16.5. The van der Waals surface area contributed by atoms with Crippen molar-refractivity contribution < 1.29 is 14.3 Å². The zero-order valence-corrected chi connectivity index (χ0v) is 16.5. The molecule has 0 aliphatic rings. The first-order valence-electron chi connectivity index (χ1n) is 9.23. The fourth-order valence-corrected chi connectivity index (χ4v) is 2.80. The van der Waals surface area contributed by atoms with Crippen LogP contribution in [0.25, 0.3) is 0 Å². The Balaban J connectivity index is 1.90. The topological polar surface area (TPSA) is 58.6 Å². The van der Waals surface area contributed by atoms with Gasteiger partial charge in [-0.15, -0.1) is 0 Å². The third kappa shape index (κ3) is 6.44. The molecule has 5 nitrogen and oxygen atoms in total. The Hall–Kier alpha value is -2.82. The molecule has 2 rings (SSSR count). The average molecular weight is 368 g/mol. The third-order valence-corrected chi connectivity index (χ3v) is 4.17. The summed E-state index contributed by atoms with van der Waals surface area (Å²) in [6.07, 6.45) is 0.441. The van der Waals surface area contributed by atoms with E-state index in [0.717, 1.165) is 22.6 Å². The van der Waals surface area contributed by atoms with Crippen LogP contribution in [-0.2, 0) is 16.0 Å². The predicted molar refractivity (Wildman–Crippen MR) is 108 cm³/mol. The lowest BCUT2D eigenvalue weighted by Crippen LogP contribution is -2.38. The minimum absolute atomic E-state index is 0.0477. The second-order valence-electron chi connectivity index (χ2n) is 6.78. The van der Waals surface area contributed by atoms with Crippen molar-refractivity contribution in [2.45, 2.75) is 40.2 Å². The summed E-state index contributed by atoms with van der Waals surface area (Å²) in [6.45, 7) is 8.26. The first-order chi connectivity index (χ1) is 12.9. The van der Waals surface area contributed by atoms with Crippen molar-refractivity contribution in [2.75, 3.05) is 18.0 Å². The number of benzene rings is 2. The van der Waals surface area contributed by atoms with E-state index in [4.69, 9.17) is 4.74 Å². The van der Waals surface area contributed by atoms with Crippen LogP contribution < -0.4 is 15.0 Å². The van der Waals surface area contributed by atoms with E-state index in [-0.39, 0.29) is 17.9 Å². The van der Waals surface area contributed by atoms with Gasteiger partial charge in [0.1, 0.15) is 5.75 Å². The van der Waals surface area contributed by atoms with Gasteiger partial charge in [-0.3, -0.25) is 9.59 Å². The molecule has 0 aliphatic heterocycles. The summed E-state index contributed by atoms with van der Waals surface area (Å²) in [5.41, 5.74) is 2.90. The number of hydrogen-bond donors (Lipinski definition) is 1. The smallest absolute Gasteiger partial charge is 0.224 e. The molecule has 2 aromatic rings. The van der Waals surface area contributed by atoms with Gasteiger partial charge in [-0.1, -0.05) is 24.3 Å². The number of rotatable bonds is 8. The molecular formula is C22H28N2O3. The molecule has 0 aromatic heterocycles. The van der Waals surface area contributed by atoms with Crippen LogP contribution in [0, 0.1) is 6.92 Å². The van der Waals surface area contributed by atoms with E-state index < -0.39 is 0 Å². The fraction of sp³-hybridized carbons (Fsp3) is 0.364. The maximum atomic E-state index is 12.2. The highest BCUT2D eigenvalue weighted by Crippen LogP contribution is 2.20. The van der Waals surface area contributed by atoms with E-state index in [9.17, 15) is 9.59 Å². The fourth-order valence-electron chi connectivity index (χ4n) is 2.80. The molecule has 5 heteroatoms. The number of nitrogens with one attached hydrogen (secondary N) is 1. The number of carbonyl (C=O) groups excluding carboxylic acids is 2. The molecule has 0 heterocycles. The number of amides is 2. The molecule has 0 fully saturated rings. The van der Waals surface area contributed by atoms with Crippen LogP contribution in [0.1, 0.15) is 31.9 Å². The zero-order valence-electron chi connectivity index (χ0n) is 16.5. The highest BCUT2D eigenvalue weighted by molar-refractivity contribution is 5.91. The SMILES string of the molecule is CC(=O)N(CCNC(=O)Cc1ccccc1C)c1ccc(OC(C)C)cc1. The predicted octanol–water partition coefficient (Wildman–Crippen LogP) is 3.49. The molecule has 0 radical (unpaired) electrons. The van der Waals surface area contributed by atoms with E-state index in [1.807, 2.05) is 69.3 Å². The molecule has 0 unspecified atom stereocenters. The highest BCUT2D eigenvalue weighted by Gasteiger charge is 2.12. The van der Waals surface area contributed by atoms with Crippen molar-refractivity contribution >= 4 is 17.5 Å². The Labute approximate surface area is 161 Å². The molecular weight excluding hydrogens is 340 g/mol. The van der Waals surface area contributed by atoms with Gasteiger partial charge in [0.15, 0.2) is 0 Å². The molecule has 0 aliphatic carbocycles. The van der Waals surface area contributed by atoms with E-state index in [1.54, 1.807) is 4.90 Å². The number of aryl methyl sites for hydroxylation is 1. The van der Waals surface area contributed by atoms with Crippen LogP contribution in [0.15, 0.2) is 48.5 Å². The van der Waals surface area contributed by atoms with Crippen molar-refractivity contribution in [3.05, 3.63) is 59.7 Å². The molecule has 27 heavy (non-hydrogen) atoms. The lowest BCUT2D eigenvalue weighted by molar-refractivity contribution is -0.121. The Morgan fingerprint density at radius 1 is 1.07 bits per heavy atom. The summed E-state index contributed by atoms with van der Waals surface area (Å²) >= 11 is 0. The number of anilines is 1. The van der Waals surface area contributed by atoms with Crippen molar-refractivity contribution in [3.63, 3.8) is 0 Å². The molecule has 0 spiro atoms. The summed E-state index contributed by atoms with van der Waals surface area (Å²) in [6, 6.07) is 15.2. The Kier molecular flexibility index (Phi) is 7.41. The minimum atomic E-state index is -0.0688. The standard InChI is InChI=1S/C22H28N2O3/c1-16(2)27-21-11-9-20(10-12-21)24(18(4)25)14-13-23-22(26)15-19-8-6-5-7-17(19)3/h5-12,16H,13-15H2,1-4H3,(H,23,26). The summed E-state index contributed by atoms with van der Waals surface area (Å²) in [7, 11) is 0. The second kappa shape index (κ2) is 9.76. The monoisotopic (exact) mass is 368 g/mol. The molecule has 0 atom stereocenters. The first kappa shape index (κ1) is 20.5. The van der Waals surface area contributed by atoms with Crippen molar-refractivity contribution in [2.24, 2.45) is 0 Å². The lowest BCUT2D eigenvalue weighted by atomic mass is 10.1. The first-order valence-corrected chi connectivity index (χ1v) is 9.23. The molecule has 0 saturated heterocycles. The van der Waals surface area contributed by atoms with E-state index in [0.29, 0.717) is 19.5 Å². The van der Waals surface area contributed by atoms with Crippen molar-refractivity contribution in [1.29, 1.82) is 0 Å². The molecule has 2 aromatic carbocycles. The Morgan fingerprint density at radius 3 is 2.33 bits per heavy atom. The van der Waals surface area contributed by atoms with Gasteiger partial charge in [0, 0.05) is 25.7 Å². The zero-order chi connectivity index (χ0) is 19.8. The van der Waals surface area contributed by atoms with Crippen LogP contribution in [-0.4, -0.2) is 31.0 Å². The van der Waals surface area contributed by atoms with Gasteiger partial charge >= 0.3 is 0 Å². The maximum absolute atomic E-state index is 12.2. The summed E-state index contributed by atoms with van der Waals surface area (Å²) < 4.78 is 5.63. The maximum Gasteiger partial charge on any atom is 0.224 e. The largest absolute Gasteiger partial charge is 0.491 e. The van der Waals surface area contributed by atoms with Crippen LogP contribution in [0.3, 0.4) is 0 Å². The quantitative estimate of drug-likeness (QED) is 0.776. The van der Waals surface area contributed by atoms with Gasteiger partial charge in [-0.25, -0.2) is 0 Å². The van der Waals surface area contributed by atoms with Gasteiger partial charge in [0.25, 0.3) is 0 Å². The number of nitrogens with zero attached hydrogens (tertiary/aromatic N) is 1. The summed E-state index contributed by atoms with van der Waals surface area (Å²) in [5, 5.41) is 2.89. The number of carbonyl (C=O) groups is 2. The molecule has 2 amide bonds. The number of hydrogen-bond acceptors (Lipinski definition) is 3. The van der Waals surface area contributed by atoms with E-state index in [1.165, 1.54) is 6.92 Å². The van der Waals surface area contributed by atoms with Crippen molar-refractivity contribution in [3.8, 4) is 5.75 Å².